The fourth-order valence-electron chi connectivity index (χ4n) is 3.94. The van der Waals surface area contributed by atoms with Crippen molar-refractivity contribution in [2.24, 2.45) is 4.99 Å². The highest BCUT2D eigenvalue weighted by atomic mass is 35.5. The van der Waals surface area contributed by atoms with E-state index in [9.17, 15) is 0 Å². The summed E-state index contributed by atoms with van der Waals surface area (Å²) in [5.74, 6) is 1.95. The molecule has 0 amide bonds. The number of piperazine rings is 1. The van der Waals surface area contributed by atoms with Gasteiger partial charge in [-0.05, 0) is 32.0 Å². The van der Waals surface area contributed by atoms with Crippen LogP contribution >= 0.6 is 11.6 Å². The van der Waals surface area contributed by atoms with Crippen LogP contribution in [-0.4, -0.2) is 56.3 Å². The number of aliphatic imine (C=N–C) groups is 1. The highest BCUT2D eigenvalue weighted by Gasteiger charge is 2.19. The van der Waals surface area contributed by atoms with Crippen molar-refractivity contribution < 1.29 is 4.52 Å². The third kappa shape index (κ3) is 6.14. The normalized spacial score (nSPS) is 15.5. The number of halogens is 1. The van der Waals surface area contributed by atoms with Gasteiger partial charge in [-0.2, -0.15) is 0 Å². The molecule has 0 atom stereocenters. The summed E-state index contributed by atoms with van der Waals surface area (Å²) in [6.07, 6.45) is 2.12. The Bertz CT molecular complexity index is 856. The van der Waals surface area contributed by atoms with Crippen LogP contribution in [-0.2, 0) is 13.1 Å². The second kappa shape index (κ2) is 11.4. The second-order valence-corrected chi connectivity index (χ2v) is 8.45. The van der Waals surface area contributed by atoms with Crippen molar-refractivity contribution in [2.75, 3.05) is 45.2 Å². The third-order valence-corrected chi connectivity index (χ3v) is 6.36. The predicted octanol–water partition coefficient (Wildman–Crippen LogP) is 3.85. The molecule has 0 saturated carbocycles. The minimum Gasteiger partial charge on any atom is -0.369 e. The lowest BCUT2D eigenvalue weighted by Gasteiger charge is -2.35. The summed E-state index contributed by atoms with van der Waals surface area (Å²) in [4.78, 5) is 9.10. The van der Waals surface area contributed by atoms with E-state index in [1.165, 1.54) is 5.69 Å². The van der Waals surface area contributed by atoms with Crippen molar-refractivity contribution in [2.45, 2.75) is 45.7 Å². The maximum atomic E-state index is 6.58. The van der Waals surface area contributed by atoms with Gasteiger partial charge < -0.3 is 25.0 Å². The number of nitrogens with one attached hydrogen (secondary N) is 2. The molecule has 0 spiro atoms. The molecule has 1 fully saturated rings. The summed E-state index contributed by atoms with van der Waals surface area (Å²) in [6.45, 7) is 9.59. The molecule has 1 aliphatic rings. The molecule has 1 aromatic heterocycles. The number of benzene rings is 1. The van der Waals surface area contributed by atoms with Gasteiger partial charge in [-0.1, -0.05) is 36.7 Å². The zero-order valence-electron chi connectivity index (χ0n) is 19.1. The number of hydrogen-bond acceptors (Lipinski definition) is 5. The third-order valence-electron chi connectivity index (χ3n) is 6.01. The van der Waals surface area contributed by atoms with E-state index in [1.54, 1.807) is 7.05 Å². The van der Waals surface area contributed by atoms with Crippen molar-refractivity contribution >= 4 is 23.2 Å². The van der Waals surface area contributed by atoms with Crippen LogP contribution in [0.25, 0.3) is 0 Å². The number of hydrogen-bond donors (Lipinski definition) is 2. The molecule has 8 heteroatoms. The Morgan fingerprint density at radius 1 is 1.16 bits per heavy atom. The van der Waals surface area contributed by atoms with Crippen molar-refractivity contribution in [3.63, 3.8) is 0 Å². The van der Waals surface area contributed by atoms with E-state index < -0.39 is 0 Å². The van der Waals surface area contributed by atoms with Gasteiger partial charge in [0.25, 0.3) is 0 Å². The van der Waals surface area contributed by atoms with Crippen LogP contribution in [0, 0.1) is 0 Å². The first-order valence-corrected chi connectivity index (χ1v) is 11.5. The largest absolute Gasteiger partial charge is 0.369 e. The van der Waals surface area contributed by atoms with Gasteiger partial charge >= 0.3 is 0 Å². The van der Waals surface area contributed by atoms with Gasteiger partial charge in [0.05, 0.1) is 12.2 Å². The van der Waals surface area contributed by atoms with E-state index in [0.717, 1.165) is 61.1 Å². The number of likely N-dealkylation sites (N-methyl/N-ethyl adjacent to an activating group) is 1. The van der Waals surface area contributed by atoms with Crippen LogP contribution in [0.2, 0.25) is 5.02 Å². The second-order valence-electron chi connectivity index (χ2n) is 8.04. The van der Waals surface area contributed by atoms with Crippen LogP contribution in [0.5, 0.6) is 0 Å². The summed E-state index contributed by atoms with van der Waals surface area (Å²) < 4.78 is 5.51. The summed E-state index contributed by atoms with van der Waals surface area (Å²) in [5.41, 5.74) is 3.30. The Kier molecular flexibility index (Phi) is 8.60. The first-order valence-electron chi connectivity index (χ1n) is 11.2. The molecule has 2 aromatic rings. The minimum absolute atomic E-state index is 0.447. The predicted molar refractivity (Wildman–Crippen MR) is 128 cm³/mol. The van der Waals surface area contributed by atoms with Gasteiger partial charge in [0.2, 0.25) is 0 Å². The number of rotatable bonds is 8. The molecular formula is C23H35ClN6O. The lowest BCUT2D eigenvalue weighted by atomic mass is 9.99. The summed E-state index contributed by atoms with van der Waals surface area (Å²) in [7, 11) is 3.93. The SMILES string of the molecule is CCC(CC)c1cc(CNC(=NC)NCc2c(Cl)cccc2N2CCN(C)CC2)on1. The number of aromatic nitrogens is 1. The van der Waals surface area contributed by atoms with Crippen LogP contribution in [0.1, 0.15) is 49.6 Å². The van der Waals surface area contributed by atoms with Gasteiger partial charge in [0.15, 0.2) is 11.7 Å². The number of guanidine groups is 1. The first-order chi connectivity index (χ1) is 15.0. The van der Waals surface area contributed by atoms with Crippen LogP contribution in [0.3, 0.4) is 0 Å². The Balaban J connectivity index is 1.60. The van der Waals surface area contributed by atoms with Gasteiger partial charge in [0.1, 0.15) is 0 Å². The van der Waals surface area contributed by atoms with Gasteiger partial charge in [-0.25, -0.2) is 0 Å². The molecule has 1 aromatic carbocycles. The Labute approximate surface area is 190 Å². The molecular weight excluding hydrogens is 412 g/mol. The van der Waals surface area contributed by atoms with E-state index in [1.807, 2.05) is 18.2 Å². The van der Waals surface area contributed by atoms with E-state index in [2.05, 4.69) is 57.5 Å². The highest BCUT2D eigenvalue weighted by Crippen LogP contribution is 2.28. The topological polar surface area (TPSA) is 68.9 Å². The van der Waals surface area contributed by atoms with Crippen molar-refractivity contribution in [1.82, 2.24) is 20.7 Å². The number of anilines is 1. The lowest BCUT2D eigenvalue weighted by Crippen LogP contribution is -2.45. The monoisotopic (exact) mass is 446 g/mol. The fourth-order valence-corrected chi connectivity index (χ4v) is 4.18. The van der Waals surface area contributed by atoms with E-state index in [0.29, 0.717) is 25.0 Å². The lowest BCUT2D eigenvalue weighted by molar-refractivity contribution is 0.312. The van der Waals surface area contributed by atoms with Gasteiger partial charge in [0, 0.05) is 68.0 Å². The van der Waals surface area contributed by atoms with Crippen molar-refractivity contribution in [3.8, 4) is 0 Å². The number of nitrogens with zero attached hydrogens (tertiary/aromatic N) is 4. The zero-order chi connectivity index (χ0) is 22.2. The smallest absolute Gasteiger partial charge is 0.191 e. The molecule has 1 saturated heterocycles. The molecule has 0 aliphatic carbocycles. The summed E-state index contributed by atoms with van der Waals surface area (Å²) in [6, 6.07) is 8.16. The minimum atomic E-state index is 0.447. The first kappa shape index (κ1) is 23.4. The van der Waals surface area contributed by atoms with Crippen LogP contribution in [0.4, 0.5) is 5.69 Å². The Morgan fingerprint density at radius 2 is 1.87 bits per heavy atom. The zero-order valence-corrected chi connectivity index (χ0v) is 19.9. The quantitative estimate of drug-likeness (QED) is 0.474. The highest BCUT2D eigenvalue weighted by molar-refractivity contribution is 6.31. The van der Waals surface area contributed by atoms with Crippen LogP contribution in [0.15, 0.2) is 33.8 Å². The average Bonchev–Trinajstić information content (AvgIpc) is 3.25. The van der Waals surface area contributed by atoms with E-state index in [-0.39, 0.29) is 0 Å². The molecule has 1 aliphatic heterocycles. The fraction of sp³-hybridized carbons (Fsp3) is 0.565. The molecule has 2 N–H and O–H groups in total. The van der Waals surface area contributed by atoms with Crippen molar-refractivity contribution in [1.29, 1.82) is 0 Å². The molecule has 170 valence electrons. The summed E-state index contributed by atoms with van der Waals surface area (Å²) in [5, 5.41) is 11.7. The molecule has 2 heterocycles. The van der Waals surface area contributed by atoms with Gasteiger partial charge in [-0.15, -0.1) is 0 Å². The molecule has 0 bridgehead atoms. The van der Waals surface area contributed by atoms with Crippen molar-refractivity contribution in [3.05, 3.63) is 46.3 Å². The molecule has 3 rings (SSSR count). The summed E-state index contributed by atoms with van der Waals surface area (Å²) >= 11 is 6.58. The standard InChI is InChI=1S/C23H35ClN6O/c1-5-17(6-2)21-14-18(31-28-21)15-26-23(25-3)27-16-19-20(24)8-7-9-22(19)30-12-10-29(4)11-13-30/h7-9,14,17H,5-6,10-13,15-16H2,1-4H3,(H2,25,26,27). The maximum Gasteiger partial charge on any atom is 0.191 e. The molecule has 0 radical (unpaired) electrons. The maximum absolute atomic E-state index is 6.58. The molecule has 31 heavy (non-hydrogen) atoms. The Morgan fingerprint density at radius 3 is 2.55 bits per heavy atom. The Hall–Kier alpha value is -2.25. The molecule has 0 unspecified atom stereocenters. The molecule has 7 nitrogen and oxygen atoms in total. The van der Waals surface area contributed by atoms with E-state index in [4.69, 9.17) is 16.1 Å². The van der Waals surface area contributed by atoms with Gasteiger partial charge in [-0.3, -0.25) is 4.99 Å². The van der Waals surface area contributed by atoms with E-state index >= 15 is 0 Å². The average molecular weight is 447 g/mol. The van der Waals surface area contributed by atoms with Crippen LogP contribution < -0.4 is 15.5 Å².